The molecule has 0 aromatic heterocycles. The number of guanidine groups is 1. The molecule has 1 fully saturated rings. The predicted octanol–water partition coefficient (Wildman–Crippen LogP) is 4.01. The van der Waals surface area contributed by atoms with Gasteiger partial charge < -0.3 is 20.6 Å². The van der Waals surface area contributed by atoms with Crippen molar-refractivity contribution in [3.8, 4) is 0 Å². The number of piperidine rings is 1. The molecule has 0 amide bonds. The molecule has 0 radical (unpaired) electrons. The molecule has 0 aliphatic carbocycles. The smallest absolute Gasteiger partial charge is 0.191 e. The Kier molecular flexibility index (Phi) is 9.84. The van der Waals surface area contributed by atoms with Gasteiger partial charge in [0, 0.05) is 31.4 Å². The molecule has 2 aromatic rings. The fraction of sp³-hybridized carbons (Fsp3) is 0.435. The third-order valence-corrected chi connectivity index (χ3v) is 5.24. The van der Waals surface area contributed by atoms with Gasteiger partial charge in [-0.05, 0) is 50.5 Å². The zero-order chi connectivity index (χ0) is 20.6. The monoisotopic (exact) mass is 526 g/mol. The molecule has 0 bridgehead atoms. The van der Waals surface area contributed by atoms with Gasteiger partial charge in [-0.15, -0.1) is 24.0 Å². The molecule has 1 atom stereocenters. The van der Waals surface area contributed by atoms with Gasteiger partial charge in [-0.1, -0.05) is 35.9 Å². The van der Waals surface area contributed by atoms with Crippen LogP contribution in [0.4, 0.5) is 10.1 Å². The molecule has 3 rings (SSSR count). The minimum Gasteiger partial charge on any atom is -0.386 e. The van der Waals surface area contributed by atoms with Crippen LogP contribution in [0.25, 0.3) is 0 Å². The van der Waals surface area contributed by atoms with Gasteiger partial charge in [-0.25, -0.2) is 4.39 Å². The Morgan fingerprint density at radius 2 is 1.90 bits per heavy atom. The molecule has 1 saturated heterocycles. The lowest BCUT2D eigenvalue weighted by atomic mass is 10.0. The maximum atomic E-state index is 13.5. The number of aliphatic hydroxyl groups excluding tert-OH is 1. The van der Waals surface area contributed by atoms with Gasteiger partial charge in [0.15, 0.2) is 5.96 Å². The molecule has 5 nitrogen and oxygen atoms in total. The number of nitrogens with one attached hydrogen (secondary N) is 2. The largest absolute Gasteiger partial charge is 0.386 e. The van der Waals surface area contributed by atoms with Gasteiger partial charge in [0.25, 0.3) is 0 Å². The highest BCUT2D eigenvalue weighted by molar-refractivity contribution is 14.0. The maximum Gasteiger partial charge on any atom is 0.191 e. The highest BCUT2D eigenvalue weighted by Gasteiger charge is 2.20. The highest BCUT2D eigenvalue weighted by atomic mass is 127. The summed E-state index contributed by atoms with van der Waals surface area (Å²) in [6, 6.07) is 15.0. The number of anilines is 1. The second-order valence-corrected chi connectivity index (χ2v) is 7.53. The molecule has 1 aliphatic rings. The first-order valence-electron chi connectivity index (χ1n) is 10.3. The average Bonchev–Trinajstić information content (AvgIpc) is 2.73. The Hall–Kier alpha value is -1.87. The predicted molar refractivity (Wildman–Crippen MR) is 132 cm³/mol. The van der Waals surface area contributed by atoms with Crippen molar-refractivity contribution in [2.24, 2.45) is 4.99 Å². The number of aryl methyl sites for hydroxylation is 1. The van der Waals surface area contributed by atoms with E-state index in [1.54, 1.807) is 12.1 Å². The van der Waals surface area contributed by atoms with Crippen LogP contribution in [0.5, 0.6) is 0 Å². The summed E-state index contributed by atoms with van der Waals surface area (Å²) in [6.07, 6.45) is 1.27. The molecule has 7 heteroatoms. The Labute approximate surface area is 195 Å². The third-order valence-electron chi connectivity index (χ3n) is 5.24. The molecular weight excluding hydrogens is 494 g/mol. The van der Waals surface area contributed by atoms with Crippen LogP contribution < -0.4 is 15.5 Å². The Morgan fingerprint density at radius 1 is 1.20 bits per heavy atom. The quantitative estimate of drug-likeness (QED) is 0.303. The van der Waals surface area contributed by atoms with Gasteiger partial charge in [-0.3, -0.25) is 4.99 Å². The molecule has 164 valence electrons. The van der Waals surface area contributed by atoms with Crippen LogP contribution >= 0.6 is 24.0 Å². The summed E-state index contributed by atoms with van der Waals surface area (Å²) in [7, 11) is 0. The fourth-order valence-corrected chi connectivity index (χ4v) is 3.54. The summed E-state index contributed by atoms with van der Waals surface area (Å²) < 4.78 is 13.5. The van der Waals surface area contributed by atoms with Crippen LogP contribution in [0.2, 0.25) is 0 Å². The first-order valence-corrected chi connectivity index (χ1v) is 10.3. The SMILES string of the molecule is CCNC(=NCC(O)c1ccc(C)cc1)NC1CCN(c2cccc(F)c2)CC1.I. The van der Waals surface area contributed by atoms with E-state index in [2.05, 4.69) is 20.5 Å². The molecular formula is C23H32FIN4O. The molecule has 30 heavy (non-hydrogen) atoms. The van der Waals surface area contributed by atoms with E-state index < -0.39 is 6.10 Å². The molecule has 1 heterocycles. The van der Waals surface area contributed by atoms with Crippen molar-refractivity contribution in [2.75, 3.05) is 31.1 Å². The lowest BCUT2D eigenvalue weighted by Gasteiger charge is -2.34. The first kappa shape index (κ1) is 24.4. The fourth-order valence-electron chi connectivity index (χ4n) is 3.54. The lowest BCUT2D eigenvalue weighted by Crippen LogP contribution is -2.48. The van der Waals surface area contributed by atoms with Crippen LogP contribution in [0.1, 0.15) is 37.0 Å². The van der Waals surface area contributed by atoms with Crippen molar-refractivity contribution >= 4 is 35.6 Å². The normalized spacial score (nSPS) is 16.0. The van der Waals surface area contributed by atoms with E-state index in [0.29, 0.717) is 12.6 Å². The number of aliphatic imine (C=N–C) groups is 1. The van der Waals surface area contributed by atoms with Gasteiger partial charge in [0.2, 0.25) is 0 Å². The van der Waals surface area contributed by atoms with Crippen LogP contribution in [0.15, 0.2) is 53.5 Å². The van der Waals surface area contributed by atoms with Crippen molar-refractivity contribution in [1.82, 2.24) is 10.6 Å². The number of halogens is 2. The van der Waals surface area contributed by atoms with Crippen LogP contribution in [-0.4, -0.2) is 43.3 Å². The Balaban J connectivity index is 0.00000320. The lowest BCUT2D eigenvalue weighted by molar-refractivity contribution is 0.187. The summed E-state index contributed by atoms with van der Waals surface area (Å²) in [5.74, 6) is 0.527. The van der Waals surface area contributed by atoms with Crippen molar-refractivity contribution in [3.05, 3.63) is 65.5 Å². The Morgan fingerprint density at radius 3 is 2.53 bits per heavy atom. The van der Waals surface area contributed by atoms with Crippen LogP contribution in [-0.2, 0) is 0 Å². The number of aliphatic hydroxyl groups is 1. The number of hydrogen-bond acceptors (Lipinski definition) is 3. The van der Waals surface area contributed by atoms with E-state index >= 15 is 0 Å². The molecule has 1 aliphatic heterocycles. The van der Waals surface area contributed by atoms with Gasteiger partial charge in [0.1, 0.15) is 5.82 Å². The Bertz CT molecular complexity index is 807. The summed E-state index contributed by atoms with van der Waals surface area (Å²) >= 11 is 0. The van der Waals surface area contributed by atoms with Crippen molar-refractivity contribution in [2.45, 2.75) is 38.8 Å². The van der Waals surface area contributed by atoms with Gasteiger partial charge >= 0.3 is 0 Å². The van der Waals surface area contributed by atoms with Gasteiger partial charge in [0.05, 0.1) is 12.6 Å². The summed E-state index contributed by atoms with van der Waals surface area (Å²) in [4.78, 5) is 6.79. The first-order chi connectivity index (χ1) is 14.0. The van der Waals surface area contributed by atoms with Crippen molar-refractivity contribution < 1.29 is 9.50 Å². The summed E-state index contributed by atoms with van der Waals surface area (Å²) in [5.41, 5.74) is 2.98. The summed E-state index contributed by atoms with van der Waals surface area (Å²) in [6.45, 7) is 6.86. The van der Waals surface area contributed by atoms with E-state index in [9.17, 15) is 9.50 Å². The molecule has 3 N–H and O–H groups in total. The van der Waals surface area contributed by atoms with E-state index in [4.69, 9.17) is 0 Å². The molecule has 0 saturated carbocycles. The van der Waals surface area contributed by atoms with Crippen molar-refractivity contribution in [1.29, 1.82) is 0 Å². The topological polar surface area (TPSA) is 59.9 Å². The summed E-state index contributed by atoms with van der Waals surface area (Å²) in [5, 5.41) is 17.2. The van der Waals surface area contributed by atoms with E-state index in [1.807, 2.05) is 44.2 Å². The average molecular weight is 526 g/mol. The van der Waals surface area contributed by atoms with Crippen LogP contribution in [0, 0.1) is 12.7 Å². The van der Waals surface area contributed by atoms with E-state index in [0.717, 1.165) is 49.7 Å². The zero-order valence-corrected chi connectivity index (χ0v) is 20.0. The number of hydrogen-bond donors (Lipinski definition) is 3. The number of nitrogens with zero attached hydrogens (tertiary/aromatic N) is 2. The van der Waals surface area contributed by atoms with E-state index in [1.165, 1.54) is 11.6 Å². The van der Waals surface area contributed by atoms with Crippen LogP contribution in [0.3, 0.4) is 0 Å². The minimum absolute atomic E-state index is 0. The molecule has 2 aromatic carbocycles. The standard InChI is InChI=1S/C23H31FN4O.HI/c1-3-25-23(26-16-22(29)18-9-7-17(2)8-10-18)27-20-11-13-28(14-12-20)21-6-4-5-19(24)15-21;/h4-10,15,20,22,29H,3,11-14,16H2,1-2H3,(H2,25,26,27);1H. The molecule has 0 spiro atoms. The van der Waals surface area contributed by atoms with E-state index in [-0.39, 0.29) is 29.8 Å². The van der Waals surface area contributed by atoms with Gasteiger partial charge in [-0.2, -0.15) is 0 Å². The van der Waals surface area contributed by atoms with Crippen molar-refractivity contribution in [3.63, 3.8) is 0 Å². The second-order valence-electron chi connectivity index (χ2n) is 7.53. The number of benzene rings is 2. The highest BCUT2D eigenvalue weighted by Crippen LogP contribution is 2.21. The second kappa shape index (κ2) is 12.1. The minimum atomic E-state index is -0.624. The zero-order valence-electron chi connectivity index (χ0n) is 17.6. The third kappa shape index (κ3) is 7.12. The molecule has 1 unspecified atom stereocenters. The number of rotatable bonds is 6. The maximum absolute atomic E-state index is 13.5.